The zero-order chi connectivity index (χ0) is 15.5. The van der Waals surface area contributed by atoms with Crippen LogP contribution < -0.4 is 0 Å². The molecule has 5 heteroatoms. The van der Waals surface area contributed by atoms with Crippen molar-refractivity contribution in [1.29, 1.82) is 0 Å². The normalized spacial score (nSPS) is 20.3. The van der Waals surface area contributed by atoms with Gasteiger partial charge in [-0.05, 0) is 29.1 Å². The predicted molar refractivity (Wildman–Crippen MR) is 86.5 cm³/mol. The Morgan fingerprint density at radius 3 is 3.00 bits per heavy atom. The first kappa shape index (κ1) is 15.1. The number of aromatic nitrogens is 1. The number of H-pyrrole nitrogens is 1. The molecule has 2 aromatic rings. The van der Waals surface area contributed by atoms with E-state index in [9.17, 15) is 9.90 Å². The maximum Gasteiger partial charge on any atom is 0.222 e. The quantitative estimate of drug-likeness (QED) is 0.905. The van der Waals surface area contributed by atoms with Crippen LogP contribution in [0, 0.1) is 0 Å². The van der Waals surface area contributed by atoms with E-state index in [2.05, 4.69) is 34.1 Å². The average molecular weight is 301 g/mol. The number of hydrogen-bond donors (Lipinski definition) is 2. The maximum atomic E-state index is 11.8. The highest BCUT2D eigenvalue weighted by Gasteiger charge is 2.23. The summed E-state index contributed by atoms with van der Waals surface area (Å²) < 4.78 is 0. The molecule has 2 N–H and O–H groups in total. The highest BCUT2D eigenvalue weighted by Crippen LogP contribution is 2.16. The molecular weight excluding hydrogens is 278 g/mol. The molecule has 1 aliphatic rings. The van der Waals surface area contributed by atoms with Crippen LogP contribution in [0.25, 0.3) is 10.9 Å². The third-order valence-corrected chi connectivity index (χ3v) is 4.27. The van der Waals surface area contributed by atoms with Gasteiger partial charge in [0.15, 0.2) is 0 Å². The summed E-state index contributed by atoms with van der Waals surface area (Å²) in [5.74, 6) is 0.120. The molecule has 1 saturated heterocycles. The van der Waals surface area contributed by atoms with E-state index in [1.54, 1.807) is 4.90 Å². The first-order valence-corrected chi connectivity index (χ1v) is 7.90. The standard InChI is InChI=1S/C17H23N3O2/c1-2-17(22)20-8-7-19(11-15(21)12-20)10-13-3-4-16-14(9-13)5-6-18-16/h3-6,9,15,18,21H,2,7-8,10-12H2,1H3/t15-/m0/s1. The van der Waals surface area contributed by atoms with Crippen LogP contribution in [0.15, 0.2) is 30.5 Å². The molecule has 118 valence electrons. The number of β-amino-alcohol motifs (C(OH)–C–C–N with tert-alkyl or cyclic N) is 1. The van der Waals surface area contributed by atoms with Crippen LogP contribution in [0.4, 0.5) is 0 Å². The Morgan fingerprint density at radius 1 is 1.32 bits per heavy atom. The molecule has 1 aromatic carbocycles. The fourth-order valence-electron chi connectivity index (χ4n) is 3.11. The second kappa shape index (κ2) is 6.50. The number of aromatic amines is 1. The molecule has 1 fully saturated rings. The Hall–Kier alpha value is -1.85. The molecule has 0 saturated carbocycles. The molecule has 1 atom stereocenters. The molecule has 0 aliphatic carbocycles. The van der Waals surface area contributed by atoms with E-state index in [-0.39, 0.29) is 5.91 Å². The number of carbonyl (C=O) groups is 1. The zero-order valence-corrected chi connectivity index (χ0v) is 13.0. The van der Waals surface area contributed by atoms with Crippen molar-refractivity contribution in [2.24, 2.45) is 0 Å². The summed E-state index contributed by atoms with van der Waals surface area (Å²) in [6, 6.07) is 8.45. The SMILES string of the molecule is CCC(=O)N1CCN(Cc2ccc3[nH]ccc3c2)C[C@H](O)C1. The summed E-state index contributed by atoms with van der Waals surface area (Å²) in [5.41, 5.74) is 2.37. The Morgan fingerprint density at radius 2 is 2.18 bits per heavy atom. The minimum absolute atomic E-state index is 0.120. The Kier molecular flexibility index (Phi) is 4.45. The van der Waals surface area contributed by atoms with E-state index >= 15 is 0 Å². The second-order valence-electron chi connectivity index (χ2n) is 5.98. The molecule has 22 heavy (non-hydrogen) atoms. The number of carbonyl (C=O) groups excluding carboxylic acids is 1. The van der Waals surface area contributed by atoms with Gasteiger partial charge in [0.25, 0.3) is 0 Å². The average Bonchev–Trinajstić information content (AvgIpc) is 2.89. The summed E-state index contributed by atoms with van der Waals surface area (Å²) in [6.07, 6.45) is 1.96. The lowest BCUT2D eigenvalue weighted by atomic mass is 10.1. The largest absolute Gasteiger partial charge is 0.390 e. The number of fused-ring (bicyclic) bond motifs is 1. The van der Waals surface area contributed by atoms with Gasteiger partial charge >= 0.3 is 0 Å². The van der Waals surface area contributed by atoms with Gasteiger partial charge in [0.05, 0.1) is 6.10 Å². The van der Waals surface area contributed by atoms with Crippen molar-refractivity contribution >= 4 is 16.8 Å². The van der Waals surface area contributed by atoms with Gasteiger partial charge in [0.2, 0.25) is 5.91 Å². The van der Waals surface area contributed by atoms with E-state index < -0.39 is 6.10 Å². The third kappa shape index (κ3) is 3.31. The molecular formula is C17H23N3O2. The monoisotopic (exact) mass is 301 g/mol. The van der Waals surface area contributed by atoms with E-state index in [0.29, 0.717) is 26.1 Å². The highest BCUT2D eigenvalue weighted by atomic mass is 16.3. The number of hydrogen-bond acceptors (Lipinski definition) is 3. The number of aliphatic hydroxyl groups excluding tert-OH is 1. The van der Waals surface area contributed by atoms with Gasteiger partial charge in [-0.1, -0.05) is 13.0 Å². The lowest BCUT2D eigenvalue weighted by Gasteiger charge is -2.21. The van der Waals surface area contributed by atoms with Gasteiger partial charge in [0.1, 0.15) is 0 Å². The summed E-state index contributed by atoms with van der Waals surface area (Å²) in [5, 5.41) is 11.4. The molecule has 1 aromatic heterocycles. The van der Waals surface area contributed by atoms with Crippen molar-refractivity contribution < 1.29 is 9.90 Å². The lowest BCUT2D eigenvalue weighted by Crippen LogP contribution is -2.37. The van der Waals surface area contributed by atoms with Crippen molar-refractivity contribution in [2.75, 3.05) is 26.2 Å². The van der Waals surface area contributed by atoms with Crippen LogP contribution in [0.3, 0.4) is 0 Å². The minimum atomic E-state index is -0.478. The summed E-state index contributed by atoms with van der Waals surface area (Å²) in [4.78, 5) is 19.0. The van der Waals surface area contributed by atoms with Crippen LogP contribution in [0.2, 0.25) is 0 Å². The Bertz CT molecular complexity index is 652. The molecule has 0 radical (unpaired) electrons. The number of nitrogens with one attached hydrogen (secondary N) is 1. The van der Waals surface area contributed by atoms with Crippen molar-refractivity contribution in [3.63, 3.8) is 0 Å². The van der Waals surface area contributed by atoms with Crippen molar-refractivity contribution in [2.45, 2.75) is 26.0 Å². The van der Waals surface area contributed by atoms with Crippen molar-refractivity contribution in [3.05, 3.63) is 36.0 Å². The highest BCUT2D eigenvalue weighted by molar-refractivity contribution is 5.79. The molecule has 0 bridgehead atoms. The summed E-state index contributed by atoms with van der Waals surface area (Å²) in [6.45, 7) is 5.21. The first-order chi connectivity index (χ1) is 10.7. The molecule has 1 aliphatic heterocycles. The molecule has 5 nitrogen and oxygen atoms in total. The number of rotatable bonds is 3. The predicted octanol–water partition coefficient (Wildman–Crippen LogP) is 1.58. The van der Waals surface area contributed by atoms with Gasteiger partial charge in [-0.2, -0.15) is 0 Å². The van der Waals surface area contributed by atoms with E-state index in [4.69, 9.17) is 0 Å². The van der Waals surface area contributed by atoms with Gasteiger partial charge in [-0.25, -0.2) is 0 Å². The summed E-state index contributed by atoms with van der Waals surface area (Å²) >= 11 is 0. The molecule has 0 spiro atoms. The van der Waals surface area contributed by atoms with Crippen LogP contribution in [-0.4, -0.2) is 58.1 Å². The summed E-state index contributed by atoms with van der Waals surface area (Å²) in [7, 11) is 0. The van der Waals surface area contributed by atoms with E-state index in [0.717, 1.165) is 18.6 Å². The fraction of sp³-hybridized carbons (Fsp3) is 0.471. The molecule has 2 heterocycles. The molecule has 3 rings (SSSR count). The van der Waals surface area contributed by atoms with Crippen molar-refractivity contribution in [3.8, 4) is 0 Å². The van der Waals surface area contributed by atoms with Crippen LogP contribution in [0.1, 0.15) is 18.9 Å². The van der Waals surface area contributed by atoms with Gasteiger partial charge in [-0.15, -0.1) is 0 Å². The Balaban J connectivity index is 1.68. The third-order valence-electron chi connectivity index (χ3n) is 4.27. The van der Waals surface area contributed by atoms with Crippen molar-refractivity contribution in [1.82, 2.24) is 14.8 Å². The van der Waals surface area contributed by atoms with E-state index in [1.165, 1.54) is 10.9 Å². The fourth-order valence-corrected chi connectivity index (χ4v) is 3.11. The van der Waals surface area contributed by atoms with E-state index in [1.807, 2.05) is 13.1 Å². The zero-order valence-electron chi connectivity index (χ0n) is 13.0. The van der Waals surface area contributed by atoms with Gasteiger partial charge in [-0.3, -0.25) is 9.69 Å². The topological polar surface area (TPSA) is 59.6 Å². The number of aliphatic hydroxyl groups is 1. The number of amides is 1. The van der Waals surface area contributed by atoms with Crippen LogP contribution in [-0.2, 0) is 11.3 Å². The second-order valence-corrected chi connectivity index (χ2v) is 5.98. The number of benzene rings is 1. The lowest BCUT2D eigenvalue weighted by molar-refractivity contribution is -0.131. The van der Waals surface area contributed by atoms with Crippen LogP contribution in [0.5, 0.6) is 0 Å². The molecule has 0 unspecified atom stereocenters. The van der Waals surface area contributed by atoms with Gasteiger partial charge in [0, 0.05) is 50.9 Å². The van der Waals surface area contributed by atoms with Gasteiger partial charge < -0.3 is 15.0 Å². The minimum Gasteiger partial charge on any atom is -0.390 e. The smallest absolute Gasteiger partial charge is 0.222 e. The Labute approximate surface area is 130 Å². The molecule has 1 amide bonds. The first-order valence-electron chi connectivity index (χ1n) is 7.90. The number of nitrogens with zero attached hydrogens (tertiary/aromatic N) is 2. The van der Waals surface area contributed by atoms with Crippen LogP contribution >= 0.6 is 0 Å². The maximum absolute atomic E-state index is 11.8.